The highest BCUT2D eigenvalue weighted by Gasteiger charge is 2.33. The highest BCUT2D eigenvalue weighted by atomic mass is 35.5. The van der Waals surface area contributed by atoms with Crippen molar-refractivity contribution in [2.75, 3.05) is 31.6 Å². The molecular formula is C12H18ClN3O. The van der Waals surface area contributed by atoms with Gasteiger partial charge in [0.05, 0.1) is 10.6 Å². The topological polar surface area (TPSA) is 51.4 Å². The second kappa shape index (κ2) is 5.21. The van der Waals surface area contributed by atoms with Gasteiger partial charge < -0.3 is 15.4 Å². The largest absolute Gasteiger partial charge is 0.377 e. The number of anilines is 1. The fourth-order valence-corrected chi connectivity index (χ4v) is 2.47. The Bertz CT molecular complexity index is 372. The molecule has 1 aliphatic heterocycles. The standard InChI is InChI=1S/C12H18ClN3O/c1-17-12(9-14)4-7-16(8-5-12)11-10(13)3-2-6-15-11/h2-3,6H,4-5,7-9,14H2,1H3. The Kier molecular flexibility index (Phi) is 3.86. The van der Waals surface area contributed by atoms with Crippen LogP contribution in [0.1, 0.15) is 12.8 Å². The molecule has 1 aliphatic rings. The second-order valence-corrected chi connectivity index (χ2v) is 4.79. The molecular weight excluding hydrogens is 238 g/mol. The van der Waals surface area contributed by atoms with Gasteiger partial charge in [0.2, 0.25) is 0 Å². The lowest BCUT2D eigenvalue weighted by atomic mass is 9.91. The maximum Gasteiger partial charge on any atom is 0.147 e. The molecule has 0 amide bonds. The van der Waals surface area contributed by atoms with Gasteiger partial charge in [-0.1, -0.05) is 11.6 Å². The molecule has 1 aromatic rings. The third-order valence-corrected chi connectivity index (χ3v) is 3.81. The summed E-state index contributed by atoms with van der Waals surface area (Å²) >= 11 is 6.14. The van der Waals surface area contributed by atoms with Gasteiger partial charge >= 0.3 is 0 Å². The first-order valence-corrected chi connectivity index (χ1v) is 6.19. The summed E-state index contributed by atoms with van der Waals surface area (Å²) in [5, 5.41) is 0.699. The van der Waals surface area contributed by atoms with Crippen molar-refractivity contribution in [3.8, 4) is 0 Å². The predicted octanol–water partition coefficient (Wildman–Crippen LogP) is 1.68. The first-order chi connectivity index (χ1) is 8.21. The van der Waals surface area contributed by atoms with Gasteiger partial charge in [-0.05, 0) is 25.0 Å². The summed E-state index contributed by atoms with van der Waals surface area (Å²) in [6.07, 6.45) is 3.59. The number of hydrogen-bond donors (Lipinski definition) is 1. The molecule has 17 heavy (non-hydrogen) atoms. The van der Waals surface area contributed by atoms with Crippen LogP contribution in [-0.2, 0) is 4.74 Å². The molecule has 0 aliphatic carbocycles. The summed E-state index contributed by atoms with van der Waals surface area (Å²) in [6, 6.07) is 3.71. The molecule has 0 bridgehead atoms. The van der Waals surface area contributed by atoms with Gasteiger partial charge in [-0.3, -0.25) is 0 Å². The summed E-state index contributed by atoms with van der Waals surface area (Å²) < 4.78 is 5.54. The molecule has 1 aromatic heterocycles. The number of nitrogens with zero attached hydrogens (tertiary/aromatic N) is 2. The van der Waals surface area contributed by atoms with E-state index in [1.807, 2.05) is 12.1 Å². The number of rotatable bonds is 3. The number of methoxy groups -OCH3 is 1. The van der Waals surface area contributed by atoms with Gasteiger partial charge in [0.25, 0.3) is 0 Å². The smallest absolute Gasteiger partial charge is 0.147 e. The molecule has 1 saturated heterocycles. The summed E-state index contributed by atoms with van der Waals surface area (Å²) in [5.74, 6) is 0.857. The van der Waals surface area contributed by atoms with Crippen LogP contribution in [0.4, 0.5) is 5.82 Å². The van der Waals surface area contributed by atoms with Crippen LogP contribution in [0.2, 0.25) is 5.02 Å². The Balaban J connectivity index is 2.07. The van der Waals surface area contributed by atoms with E-state index in [-0.39, 0.29) is 5.60 Å². The Morgan fingerprint density at radius 3 is 2.76 bits per heavy atom. The number of nitrogens with two attached hydrogens (primary N) is 1. The SMILES string of the molecule is COC1(CN)CCN(c2ncccc2Cl)CC1. The Morgan fingerprint density at radius 1 is 1.53 bits per heavy atom. The van der Waals surface area contributed by atoms with Crippen molar-refractivity contribution >= 4 is 17.4 Å². The minimum Gasteiger partial charge on any atom is -0.377 e. The maximum absolute atomic E-state index is 6.14. The number of ether oxygens (including phenoxy) is 1. The van der Waals surface area contributed by atoms with Gasteiger partial charge in [0.1, 0.15) is 5.82 Å². The van der Waals surface area contributed by atoms with Crippen LogP contribution in [0.25, 0.3) is 0 Å². The van der Waals surface area contributed by atoms with Gasteiger partial charge in [0, 0.05) is 32.9 Å². The van der Waals surface area contributed by atoms with Crippen LogP contribution < -0.4 is 10.6 Å². The van der Waals surface area contributed by atoms with Crippen LogP contribution in [0.5, 0.6) is 0 Å². The second-order valence-electron chi connectivity index (χ2n) is 4.39. The average Bonchev–Trinajstić information content (AvgIpc) is 2.40. The van der Waals surface area contributed by atoms with Gasteiger partial charge in [0.15, 0.2) is 0 Å². The Hall–Kier alpha value is -0.840. The highest BCUT2D eigenvalue weighted by Crippen LogP contribution is 2.30. The quantitative estimate of drug-likeness (QED) is 0.893. The average molecular weight is 256 g/mol. The fourth-order valence-electron chi connectivity index (χ4n) is 2.23. The van der Waals surface area contributed by atoms with E-state index in [1.165, 1.54) is 0 Å². The molecule has 2 rings (SSSR count). The molecule has 0 unspecified atom stereocenters. The van der Waals surface area contributed by atoms with Crippen molar-refractivity contribution in [2.24, 2.45) is 5.73 Å². The van der Waals surface area contributed by atoms with Gasteiger partial charge in [-0.2, -0.15) is 0 Å². The van der Waals surface area contributed by atoms with Gasteiger partial charge in [-0.25, -0.2) is 4.98 Å². The van der Waals surface area contributed by atoms with Crippen LogP contribution >= 0.6 is 11.6 Å². The number of halogens is 1. The zero-order valence-corrected chi connectivity index (χ0v) is 10.8. The molecule has 0 saturated carbocycles. The van der Waals surface area contributed by atoms with Crippen LogP contribution in [0.3, 0.4) is 0 Å². The van der Waals surface area contributed by atoms with E-state index in [1.54, 1.807) is 13.3 Å². The predicted molar refractivity (Wildman–Crippen MR) is 69.5 cm³/mol. The zero-order chi connectivity index (χ0) is 12.3. The normalized spacial score (nSPS) is 19.4. The lowest BCUT2D eigenvalue weighted by Gasteiger charge is -2.40. The van der Waals surface area contributed by atoms with Gasteiger partial charge in [-0.15, -0.1) is 0 Å². The number of aromatic nitrogens is 1. The molecule has 0 aromatic carbocycles. The minimum atomic E-state index is -0.169. The molecule has 2 heterocycles. The van der Waals surface area contributed by atoms with E-state index in [2.05, 4.69) is 9.88 Å². The maximum atomic E-state index is 6.14. The molecule has 94 valence electrons. The monoisotopic (exact) mass is 255 g/mol. The van der Waals surface area contributed by atoms with Crippen molar-refractivity contribution < 1.29 is 4.74 Å². The van der Waals surface area contributed by atoms with Crippen molar-refractivity contribution in [3.63, 3.8) is 0 Å². The zero-order valence-electron chi connectivity index (χ0n) is 10.0. The molecule has 0 radical (unpaired) electrons. The van der Waals surface area contributed by atoms with Crippen LogP contribution in [0.15, 0.2) is 18.3 Å². The molecule has 4 nitrogen and oxygen atoms in total. The van der Waals surface area contributed by atoms with E-state index in [0.29, 0.717) is 11.6 Å². The van der Waals surface area contributed by atoms with Crippen molar-refractivity contribution in [1.82, 2.24) is 4.98 Å². The Morgan fingerprint density at radius 2 is 2.24 bits per heavy atom. The molecule has 5 heteroatoms. The van der Waals surface area contributed by atoms with Crippen molar-refractivity contribution in [1.29, 1.82) is 0 Å². The number of hydrogen-bond acceptors (Lipinski definition) is 4. The highest BCUT2D eigenvalue weighted by molar-refractivity contribution is 6.32. The van der Waals surface area contributed by atoms with Crippen LogP contribution in [-0.4, -0.2) is 37.3 Å². The van der Waals surface area contributed by atoms with E-state index >= 15 is 0 Å². The lowest BCUT2D eigenvalue weighted by Crippen LogP contribution is -2.50. The van der Waals surface area contributed by atoms with Crippen molar-refractivity contribution in [3.05, 3.63) is 23.4 Å². The van der Waals surface area contributed by atoms with E-state index < -0.39 is 0 Å². The van der Waals surface area contributed by atoms with Crippen molar-refractivity contribution in [2.45, 2.75) is 18.4 Å². The molecule has 1 fully saturated rings. The summed E-state index contributed by atoms with van der Waals surface area (Å²) in [7, 11) is 1.73. The first-order valence-electron chi connectivity index (χ1n) is 5.81. The minimum absolute atomic E-state index is 0.169. The first kappa shape index (κ1) is 12.6. The lowest BCUT2D eigenvalue weighted by molar-refractivity contribution is -0.0216. The number of pyridine rings is 1. The third-order valence-electron chi connectivity index (χ3n) is 3.52. The number of piperidine rings is 1. The van der Waals surface area contributed by atoms with E-state index in [4.69, 9.17) is 22.1 Å². The fraction of sp³-hybridized carbons (Fsp3) is 0.583. The Labute approximate surface area is 107 Å². The van der Waals surface area contributed by atoms with Crippen LogP contribution in [0, 0.1) is 0 Å². The summed E-state index contributed by atoms with van der Waals surface area (Å²) in [6.45, 7) is 2.32. The summed E-state index contributed by atoms with van der Waals surface area (Å²) in [4.78, 5) is 6.51. The third kappa shape index (κ3) is 2.54. The van der Waals surface area contributed by atoms with E-state index in [9.17, 15) is 0 Å². The molecule has 0 spiro atoms. The van der Waals surface area contributed by atoms with E-state index in [0.717, 1.165) is 31.7 Å². The summed E-state index contributed by atoms with van der Waals surface area (Å²) in [5.41, 5.74) is 5.61. The molecule has 0 atom stereocenters. The molecule has 2 N–H and O–H groups in total.